The van der Waals surface area contributed by atoms with Crippen molar-refractivity contribution >= 4 is 5.71 Å². The van der Waals surface area contributed by atoms with Crippen molar-refractivity contribution in [2.75, 3.05) is 0 Å². The molecule has 1 aliphatic rings. The van der Waals surface area contributed by atoms with Crippen LogP contribution < -0.4 is 0 Å². The van der Waals surface area contributed by atoms with Crippen molar-refractivity contribution in [3.8, 4) is 0 Å². The molecule has 0 aromatic heterocycles. The van der Waals surface area contributed by atoms with E-state index < -0.39 is 0 Å². The van der Waals surface area contributed by atoms with Crippen molar-refractivity contribution in [3.63, 3.8) is 0 Å². The first-order chi connectivity index (χ1) is 4.61. The molecule has 2 unspecified atom stereocenters. The Balaban J connectivity index is 2.56. The second-order valence-electron chi connectivity index (χ2n) is 3.38. The molecular formula is C9H15N. The summed E-state index contributed by atoms with van der Waals surface area (Å²) >= 11 is 0. The molecule has 1 rings (SSSR count). The van der Waals surface area contributed by atoms with Gasteiger partial charge in [0.15, 0.2) is 0 Å². The zero-order valence-corrected chi connectivity index (χ0v) is 6.94. The van der Waals surface area contributed by atoms with Crippen LogP contribution in [0.2, 0.25) is 0 Å². The third kappa shape index (κ3) is 1.00. The molecule has 1 fully saturated rings. The predicted molar refractivity (Wildman–Crippen MR) is 44.4 cm³/mol. The summed E-state index contributed by atoms with van der Waals surface area (Å²) in [5, 5.41) is 7.48. The lowest BCUT2D eigenvalue weighted by Crippen LogP contribution is -2.07. The fraction of sp³-hybridized carbons (Fsp3) is 0.667. The van der Waals surface area contributed by atoms with Gasteiger partial charge >= 0.3 is 0 Å². The maximum Gasteiger partial charge on any atom is 0.0123 e. The third-order valence-corrected chi connectivity index (χ3v) is 2.58. The Labute approximate surface area is 62.6 Å². The standard InChI is InChI=1S/C9H15N/c1-4-5-8-6-9(8,3)7(2)10/h4-5,8,10H,6H2,1-3H3/b5-4-,10-7?. The van der Waals surface area contributed by atoms with Crippen LogP contribution in [0.25, 0.3) is 0 Å². The third-order valence-electron chi connectivity index (χ3n) is 2.58. The van der Waals surface area contributed by atoms with E-state index >= 15 is 0 Å². The van der Waals surface area contributed by atoms with Crippen LogP contribution in [0, 0.1) is 16.7 Å². The number of hydrogen-bond acceptors (Lipinski definition) is 1. The highest BCUT2D eigenvalue weighted by Gasteiger charge is 2.49. The molecule has 0 saturated heterocycles. The number of nitrogens with one attached hydrogen (secondary N) is 1. The van der Waals surface area contributed by atoms with Crippen LogP contribution in [-0.2, 0) is 0 Å². The van der Waals surface area contributed by atoms with Gasteiger partial charge in [-0.05, 0) is 26.2 Å². The molecule has 1 N–H and O–H groups in total. The largest absolute Gasteiger partial charge is 0.309 e. The molecule has 1 saturated carbocycles. The van der Waals surface area contributed by atoms with Crippen molar-refractivity contribution < 1.29 is 0 Å². The van der Waals surface area contributed by atoms with Gasteiger partial charge in [0.1, 0.15) is 0 Å². The quantitative estimate of drug-likeness (QED) is 0.447. The summed E-state index contributed by atoms with van der Waals surface area (Å²) in [6, 6.07) is 0. The predicted octanol–water partition coefficient (Wildman–Crippen LogP) is 2.63. The highest BCUT2D eigenvalue weighted by atomic mass is 14.6. The van der Waals surface area contributed by atoms with Gasteiger partial charge in [-0.2, -0.15) is 0 Å². The van der Waals surface area contributed by atoms with Gasteiger partial charge in [0.2, 0.25) is 0 Å². The van der Waals surface area contributed by atoms with Gasteiger partial charge in [-0.1, -0.05) is 19.1 Å². The first kappa shape index (κ1) is 7.52. The Kier molecular flexibility index (Phi) is 1.67. The summed E-state index contributed by atoms with van der Waals surface area (Å²) < 4.78 is 0. The number of rotatable bonds is 2. The Morgan fingerprint density at radius 3 is 2.60 bits per heavy atom. The molecule has 1 aliphatic carbocycles. The fourth-order valence-electron chi connectivity index (χ4n) is 1.34. The molecular weight excluding hydrogens is 122 g/mol. The average Bonchev–Trinajstić information content (AvgIpc) is 2.45. The summed E-state index contributed by atoms with van der Waals surface area (Å²) in [5.74, 6) is 0.648. The maximum absolute atomic E-state index is 7.48. The van der Waals surface area contributed by atoms with Gasteiger partial charge in [0, 0.05) is 11.1 Å². The maximum atomic E-state index is 7.48. The molecule has 0 aromatic carbocycles. The van der Waals surface area contributed by atoms with Gasteiger partial charge < -0.3 is 5.41 Å². The normalized spacial score (nSPS) is 38.5. The van der Waals surface area contributed by atoms with Gasteiger partial charge in [-0.3, -0.25) is 0 Å². The molecule has 2 atom stereocenters. The Bertz CT molecular complexity index is 181. The lowest BCUT2D eigenvalue weighted by atomic mass is 10.0. The van der Waals surface area contributed by atoms with Crippen LogP contribution >= 0.6 is 0 Å². The van der Waals surface area contributed by atoms with Crippen LogP contribution in [0.1, 0.15) is 27.2 Å². The molecule has 10 heavy (non-hydrogen) atoms. The monoisotopic (exact) mass is 137 g/mol. The first-order valence-corrected chi connectivity index (χ1v) is 3.79. The minimum atomic E-state index is 0.215. The number of hydrogen-bond donors (Lipinski definition) is 1. The minimum absolute atomic E-state index is 0.215. The van der Waals surface area contributed by atoms with E-state index in [1.54, 1.807) is 0 Å². The van der Waals surface area contributed by atoms with Crippen LogP contribution in [0.4, 0.5) is 0 Å². The Morgan fingerprint density at radius 1 is 1.70 bits per heavy atom. The minimum Gasteiger partial charge on any atom is -0.309 e. The van der Waals surface area contributed by atoms with Crippen molar-refractivity contribution in [2.24, 2.45) is 11.3 Å². The van der Waals surface area contributed by atoms with Crippen LogP contribution in [0.3, 0.4) is 0 Å². The first-order valence-electron chi connectivity index (χ1n) is 3.79. The second kappa shape index (κ2) is 2.22. The molecule has 0 aromatic rings. The summed E-state index contributed by atoms with van der Waals surface area (Å²) in [7, 11) is 0. The summed E-state index contributed by atoms with van der Waals surface area (Å²) in [5.41, 5.74) is 1.04. The van der Waals surface area contributed by atoms with Crippen LogP contribution in [0.5, 0.6) is 0 Å². The van der Waals surface area contributed by atoms with Crippen molar-refractivity contribution in [2.45, 2.75) is 27.2 Å². The van der Waals surface area contributed by atoms with E-state index in [1.165, 1.54) is 6.42 Å². The van der Waals surface area contributed by atoms with Gasteiger partial charge in [0.05, 0.1) is 0 Å². The molecule has 0 bridgehead atoms. The average molecular weight is 137 g/mol. The van der Waals surface area contributed by atoms with E-state index in [0.29, 0.717) is 5.92 Å². The lowest BCUT2D eigenvalue weighted by molar-refractivity contribution is 0.736. The molecule has 0 heterocycles. The SMILES string of the molecule is C/C=C\C1CC1(C)C(C)=N. The fourth-order valence-corrected chi connectivity index (χ4v) is 1.34. The highest BCUT2D eigenvalue weighted by molar-refractivity contribution is 5.88. The van der Waals surface area contributed by atoms with E-state index in [9.17, 15) is 0 Å². The highest BCUT2D eigenvalue weighted by Crippen LogP contribution is 2.53. The molecule has 1 heteroatoms. The smallest absolute Gasteiger partial charge is 0.0123 e. The zero-order chi connectivity index (χ0) is 7.78. The van der Waals surface area contributed by atoms with E-state index in [0.717, 1.165) is 5.71 Å². The van der Waals surface area contributed by atoms with E-state index in [2.05, 4.69) is 19.1 Å². The molecule has 0 amide bonds. The Hall–Kier alpha value is -0.590. The summed E-state index contributed by atoms with van der Waals surface area (Å²) in [6.45, 7) is 6.11. The van der Waals surface area contributed by atoms with Gasteiger partial charge in [-0.15, -0.1) is 0 Å². The molecule has 56 valence electrons. The molecule has 1 nitrogen and oxygen atoms in total. The zero-order valence-electron chi connectivity index (χ0n) is 6.94. The van der Waals surface area contributed by atoms with E-state index in [-0.39, 0.29) is 5.41 Å². The Morgan fingerprint density at radius 2 is 2.30 bits per heavy atom. The van der Waals surface area contributed by atoms with Crippen molar-refractivity contribution in [1.82, 2.24) is 0 Å². The number of allylic oxidation sites excluding steroid dienone is 2. The van der Waals surface area contributed by atoms with E-state index in [4.69, 9.17) is 5.41 Å². The summed E-state index contributed by atoms with van der Waals surface area (Å²) in [6.07, 6.45) is 5.46. The molecule has 0 spiro atoms. The van der Waals surface area contributed by atoms with Crippen LogP contribution in [-0.4, -0.2) is 5.71 Å². The molecule has 0 aliphatic heterocycles. The van der Waals surface area contributed by atoms with Gasteiger partial charge in [0.25, 0.3) is 0 Å². The summed E-state index contributed by atoms with van der Waals surface area (Å²) in [4.78, 5) is 0. The van der Waals surface area contributed by atoms with Crippen molar-refractivity contribution in [1.29, 1.82) is 5.41 Å². The second-order valence-corrected chi connectivity index (χ2v) is 3.38. The van der Waals surface area contributed by atoms with Crippen molar-refractivity contribution in [3.05, 3.63) is 12.2 Å². The van der Waals surface area contributed by atoms with Gasteiger partial charge in [-0.25, -0.2) is 0 Å². The molecule has 0 radical (unpaired) electrons. The van der Waals surface area contributed by atoms with E-state index in [1.807, 2.05) is 13.8 Å². The topological polar surface area (TPSA) is 23.9 Å². The van der Waals surface area contributed by atoms with Crippen LogP contribution in [0.15, 0.2) is 12.2 Å². The lowest BCUT2D eigenvalue weighted by Gasteiger charge is -2.05.